The maximum atomic E-state index is 13.5. The van der Waals surface area contributed by atoms with Gasteiger partial charge in [0.1, 0.15) is 64.6 Å². The van der Waals surface area contributed by atoms with Gasteiger partial charge < -0.3 is 72.5 Å². The Hall–Kier alpha value is -6.20. The number of nitrogens with zero attached hydrogens (tertiary/aromatic N) is 6. The Morgan fingerprint density at radius 2 is 1.43 bits per heavy atom. The second-order valence-corrected chi connectivity index (χ2v) is 19.3. The molecule has 2 aromatic rings. The van der Waals surface area contributed by atoms with Gasteiger partial charge in [-0.2, -0.15) is 0 Å². The first-order chi connectivity index (χ1) is 36.7. The molecule has 2 aromatic carbocycles. The maximum absolute atomic E-state index is 13.5. The van der Waals surface area contributed by atoms with E-state index in [4.69, 9.17) is 63.2 Å². The van der Waals surface area contributed by atoms with Gasteiger partial charge in [0.05, 0.1) is 31.5 Å². The number of aromatic carboxylic acids is 1. The van der Waals surface area contributed by atoms with Crippen molar-refractivity contribution in [3.05, 3.63) is 104 Å². The van der Waals surface area contributed by atoms with Crippen LogP contribution in [0.2, 0.25) is 0 Å². The minimum Gasteiger partial charge on any atom is -0.493 e. The minimum atomic E-state index is -1.22. The lowest BCUT2D eigenvalue weighted by molar-refractivity contribution is -0.152. The van der Waals surface area contributed by atoms with Gasteiger partial charge in [-0.15, -0.1) is 0 Å². The van der Waals surface area contributed by atoms with Crippen molar-refractivity contribution < 1.29 is 82.1 Å². The van der Waals surface area contributed by atoms with Gasteiger partial charge in [0.25, 0.3) is 0 Å². The molecule has 0 amide bonds. The van der Waals surface area contributed by atoms with E-state index in [-0.39, 0.29) is 79.9 Å². The van der Waals surface area contributed by atoms with Crippen molar-refractivity contribution in [1.82, 2.24) is 0 Å². The number of aliphatic hydroxyl groups is 3. The number of azide groups is 2. The monoisotopic (exact) mass is 1080 g/mol. The zero-order valence-electron chi connectivity index (χ0n) is 45.6. The second kappa shape index (κ2) is 31.3. The van der Waals surface area contributed by atoms with Gasteiger partial charge >= 0.3 is 11.9 Å². The third-order valence-electron chi connectivity index (χ3n) is 12.3. The van der Waals surface area contributed by atoms with Crippen LogP contribution < -0.4 is 18.9 Å². The number of carbonyl (C=O) groups is 2. The number of fused-ring (bicyclic) bond motifs is 2. The number of benzene rings is 2. The zero-order chi connectivity index (χ0) is 56.7. The molecule has 23 heteroatoms. The maximum Gasteiger partial charge on any atom is 0.342 e. The Balaban J connectivity index is 0.000000333. The summed E-state index contributed by atoms with van der Waals surface area (Å²) in [5.41, 5.74) is 17.8. The van der Waals surface area contributed by atoms with E-state index in [2.05, 4.69) is 20.1 Å². The Bertz CT molecular complexity index is 2450. The van der Waals surface area contributed by atoms with Crippen molar-refractivity contribution in [2.75, 3.05) is 54.1 Å². The van der Waals surface area contributed by atoms with Crippen LogP contribution in [0.5, 0.6) is 23.0 Å². The first-order valence-electron chi connectivity index (χ1n) is 25.4. The van der Waals surface area contributed by atoms with Crippen LogP contribution in [-0.2, 0) is 33.2 Å². The molecular formula is C54H76N6O17. The number of cyclic esters (lactones) is 1. The number of hydrogen-bond donors (Lipinski definition) is 4. The molecule has 424 valence electrons. The molecule has 0 aliphatic carbocycles. The second-order valence-electron chi connectivity index (χ2n) is 19.3. The predicted molar refractivity (Wildman–Crippen MR) is 283 cm³/mol. The van der Waals surface area contributed by atoms with Crippen LogP contribution >= 0.6 is 0 Å². The highest BCUT2D eigenvalue weighted by Gasteiger charge is 2.45. The lowest BCUT2D eigenvalue weighted by atomic mass is 9.98. The molecule has 2 fully saturated rings. The van der Waals surface area contributed by atoms with E-state index in [1.54, 1.807) is 82.4 Å². The summed E-state index contributed by atoms with van der Waals surface area (Å²) in [4.78, 5) is 31.2. The summed E-state index contributed by atoms with van der Waals surface area (Å²) in [6, 6.07) is 6.43. The number of esters is 1. The van der Waals surface area contributed by atoms with E-state index < -0.39 is 72.3 Å². The highest BCUT2D eigenvalue weighted by Crippen LogP contribution is 2.38. The standard InChI is InChI=1S/C27H39N3O9.C27H37N3O8/c1-17(18(2)31)10-11-20(32)25-23(38-27(3,4)39-25)9-6-8-19-21(36-15-7-14-29-30-28)12-13-22(37-16-35-5)24(19)26(33)34;1-17-10-11-20(31)25-23(37-27(3,4)38-25)9-6-8-19-21(34-15-7-14-29-30-28)12-13-22(35-16-33-5)24(19)26(32)36-18(17)2/h6,8,10-13,17-18,20,23,25,31-32H,7,9,14-16H2,1-5H3,(H,33,34);6,8,10-13,17-18,20,23,25,31H,7,9,14-16H2,1-5H3/b8-6+,11-10-;8-6?,11-10-/t2*17-,18+,20?,23+,25-/m11/s1. The van der Waals surface area contributed by atoms with Gasteiger partial charge in [0.2, 0.25) is 0 Å². The third-order valence-corrected chi connectivity index (χ3v) is 12.3. The van der Waals surface area contributed by atoms with E-state index in [1.165, 1.54) is 20.3 Å². The van der Waals surface area contributed by atoms with Gasteiger partial charge in [0, 0.05) is 54.2 Å². The molecule has 23 nitrogen and oxygen atoms in total. The van der Waals surface area contributed by atoms with E-state index in [9.17, 15) is 30.0 Å². The summed E-state index contributed by atoms with van der Waals surface area (Å²) in [6.07, 6.45) is 10.2. The van der Waals surface area contributed by atoms with Crippen LogP contribution in [-0.4, -0.2) is 147 Å². The topological polar surface area (TPSA) is 314 Å². The molecule has 4 N–H and O–H groups in total. The zero-order valence-corrected chi connectivity index (χ0v) is 45.6. The number of methoxy groups -OCH3 is 2. The number of aliphatic hydroxyl groups excluding tert-OH is 3. The number of carbonyl (C=O) groups excluding carboxylic acids is 1. The van der Waals surface area contributed by atoms with Crippen molar-refractivity contribution in [2.45, 2.75) is 141 Å². The highest BCUT2D eigenvalue weighted by molar-refractivity contribution is 5.98. The van der Waals surface area contributed by atoms with Crippen LogP contribution in [0.4, 0.5) is 0 Å². The van der Waals surface area contributed by atoms with Gasteiger partial charge in [-0.1, -0.05) is 72.7 Å². The Kier molecular flexibility index (Phi) is 25.7. The van der Waals surface area contributed by atoms with Crippen molar-refractivity contribution >= 4 is 24.1 Å². The number of hydrogen-bond acceptors (Lipinski definition) is 18. The fraction of sp³-hybridized carbons (Fsp3) is 0.593. The predicted octanol–water partition coefficient (Wildman–Crippen LogP) is 9.09. The molecule has 5 rings (SSSR count). The summed E-state index contributed by atoms with van der Waals surface area (Å²) in [5, 5.41) is 48.3. The molecule has 3 aliphatic heterocycles. The van der Waals surface area contributed by atoms with Crippen molar-refractivity contribution in [2.24, 2.45) is 22.1 Å². The van der Waals surface area contributed by atoms with Crippen LogP contribution in [0, 0.1) is 11.8 Å². The Labute approximate surface area is 449 Å². The molecule has 77 heavy (non-hydrogen) atoms. The van der Waals surface area contributed by atoms with E-state index >= 15 is 0 Å². The molecule has 2 saturated heterocycles. The number of rotatable bonds is 24. The normalized spacial score (nSPS) is 24.3. The molecular weight excluding hydrogens is 1000 g/mol. The summed E-state index contributed by atoms with van der Waals surface area (Å²) in [6.45, 7) is 15.1. The van der Waals surface area contributed by atoms with Gasteiger partial charge in [-0.3, -0.25) is 0 Å². The lowest BCUT2D eigenvalue weighted by Crippen LogP contribution is -2.34. The van der Waals surface area contributed by atoms with E-state index in [0.717, 1.165) is 0 Å². The van der Waals surface area contributed by atoms with Crippen LogP contribution in [0.1, 0.15) is 113 Å². The molecule has 3 heterocycles. The smallest absolute Gasteiger partial charge is 0.342 e. The molecule has 0 spiro atoms. The molecule has 2 unspecified atom stereocenters. The van der Waals surface area contributed by atoms with Crippen LogP contribution in [0.3, 0.4) is 0 Å². The summed E-state index contributed by atoms with van der Waals surface area (Å²) in [5.74, 6) is -2.80. The summed E-state index contributed by atoms with van der Waals surface area (Å²) in [7, 11) is 2.92. The molecule has 0 saturated carbocycles. The van der Waals surface area contributed by atoms with Gasteiger partial charge in [0.15, 0.2) is 25.2 Å². The van der Waals surface area contributed by atoms with Crippen LogP contribution in [0.25, 0.3) is 33.0 Å². The third kappa shape index (κ3) is 19.6. The fourth-order valence-corrected chi connectivity index (χ4v) is 8.14. The number of carboxylic acid groups (broad SMARTS) is 1. The van der Waals surface area contributed by atoms with E-state index in [1.807, 2.05) is 39.8 Å². The lowest BCUT2D eigenvalue weighted by Gasteiger charge is -2.23. The first-order valence-corrected chi connectivity index (χ1v) is 25.4. The van der Waals surface area contributed by atoms with Crippen molar-refractivity contribution in [1.29, 1.82) is 0 Å². The van der Waals surface area contributed by atoms with Crippen molar-refractivity contribution in [3.63, 3.8) is 0 Å². The largest absolute Gasteiger partial charge is 0.493 e. The molecule has 0 radical (unpaired) electrons. The highest BCUT2D eigenvalue weighted by atomic mass is 16.8. The number of carboxylic acids is 1. The average molecular weight is 1080 g/mol. The SMILES string of the molecule is COCOc1ccc(OCCCN=[N+]=[N-])c(/C=C/C[C@@H]2OC(C)(C)O[C@@H]2C(O)/C=C\[C@@H](C)[C@H](C)O)c1C(=O)O.COCOc1ccc(OCCCN=[N+]=[N-])c2c1C(=O)O[C@@H](C)[C@H](C)/C=C\C(O)[C@H]1OC(C)(C)O[C@H]1CC=C2. The minimum absolute atomic E-state index is 0.0631. The molecule has 3 aliphatic rings. The summed E-state index contributed by atoms with van der Waals surface area (Å²) < 4.78 is 62.8. The first kappa shape index (κ1) is 63.3. The van der Waals surface area contributed by atoms with Gasteiger partial charge in [-0.25, -0.2) is 9.59 Å². The Morgan fingerprint density at radius 3 is 2.05 bits per heavy atom. The Morgan fingerprint density at radius 1 is 0.831 bits per heavy atom. The fourth-order valence-electron chi connectivity index (χ4n) is 8.14. The van der Waals surface area contributed by atoms with Gasteiger partial charge in [-0.05, 0) is 108 Å². The van der Waals surface area contributed by atoms with E-state index in [0.29, 0.717) is 42.7 Å². The average Bonchev–Trinajstić information content (AvgIpc) is 3.88. The van der Waals surface area contributed by atoms with Crippen molar-refractivity contribution in [3.8, 4) is 23.0 Å². The molecule has 10 atom stereocenters. The summed E-state index contributed by atoms with van der Waals surface area (Å²) >= 11 is 0. The van der Waals surface area contributed by atoms with Crippen LogP contribution in [0.15, 0.2) is 71.0 Å². The molecule has 0 aromatic heterocycles. The quantitative estimate of drug-likeness (QED) is 0.0145. The molecule has 0 bridgehead atoms. The number of ether oxygens (including phenoxy) is 11.